The maximum atomic E-state index is 12.2. The van der Waals surface area contributed by atoms with Crippen LogP contribution in [0.5, 0.6) is 11.5 Å². The number of rotatable bonds is 6. The van der Waals surface area contributed by atoms with Gasteiger partial charge in [0.1, 0.15) is 11.5 Å². The molecule has 0 unspecified atom stereocenters. The largest absolute Gasteiger partial charge is 0.497 e. The Kier molecular flexibility index (Phi) is 5.73. The summed E-state index contributed by atoms with van der Waals surface area (Å²) in [5.41, 5.74) is 1.16. The molecular weight excluding hydrogens is 368 g/mol. The van der Waals surface area contributed by atoms with Crippen LogP contribution in [0.4, 0.5) is 17.3 Å². The Balaban J connectivity index is 1.70. The molecule has 0 saturated carbocycles. The number of hydrogen-bond donors (Lipinski definition) is 2. The van der Waals surface area contributed by atoms with Gasteiger partial charge in [-0.15, -0.1) is 10.2 Å². The smallest absolute Gasteiger partial charge is 0.256 e. The van der Waals surface area contributed by atoms with E-state index in [9.17, 15) is 4.79 Å². The molecule has 0 fully saturated rings. The van der Waals surface area contributed by atoms with Crippen molar-refractivity contribution in [2.75, 3.05) is 24.9 Å². The molecule has 3 aromatic rings. The maximum absolute atomic E-state index is 12.2. The molecular formula is C19H17ClN4O3. The third-order valence-corrected chi connectivity index (χ3v) is 3.93. The lowest BCUT2D eigenvalue weighted by atomic mass is 10.2. The minimum Gasteiger partial charge on any atom is -0.497 e. The molecule has 7 nitrogen and oxygen atoms in total. The number of aromatic nitrogens is 2. The molecule has 2 aromatic carbocycles. The number of hydrogen-bond acceptors (Lipinski definition) is 6. The van der Waals surface area contributed by atoms with Crippen LogP contribution in [0.15, 0.2) is 54.6 Å². The highest BCUT2D eigenvalue weighted by Crippen LogP contribution is 2.30. The van der Waals surface area contributed by atoms with Gasteiger partial charge in [0.15, 0.2) is 11.6 Å². The molecule has 1 aromatic heterocycles. The zero-order valence-corrected chi connectivity index (χ0v) is 15.4. The summed E-state index contributed by atoms with van der Waals surface area (Å²) in [7, 11) is 3.16. The fourth-order valence-corrected chi connectivity index (χ4v) is 2.43. The molecule has 0 aliphatic rings. The van der Waals surface area contributed by atoms with Crippen molar-refractivity contribution in [2.45, 2.75) is 0 Å². The van der Waals surface area contributed by atoms with E-state index >= 15 is 0 Å². The summed E-state index contributed by atoms with van der Waals surface area (Å²) < 4.78 is 10.5. The number of methoxy groups -OCH3 is 2. The van der Waals surface area contributed by atoms with E-state index in [1.807, 2.05) is 0 Å². The second-order valence-corrected chi connectivity index (χ2v) is 5.89. The molecule has 0 atom stereocenters. The molecule has 0 saturated heterocycles. The predicted molar refractivity (Wildman–Crippen MR) is 104 cm³/mol. The summed E-state index contributed by atoms with van der Waals surface area (Å²) in [5, 5.41) is 14.4. The Morgan fingerprint density at radius 2 is 1.63 bits per heavy atom. The van der Waals surface area contributed by atoms with E-state index in [1.54, 1.807) is 68.8 Å². The van der Waals surface area contributed by atoms with Crippen LogP contribution in [0.1, 0.15) is 10.4 Å². The van der Waals surface area contributed by atoms with Crippen LogP contribution in [0, 0.1) is 0 Å². The average Bonchev–Trinajstić information content (AvgIpc) is 2.70. The van der Waals surface area contributed by atoms with Gasteiger partial charge in [0.05, 0.1) is 19.9 Å². The summed E-state index contributed by atoms with van der Waals surface area (Å²) in [6, 6.07) is 15.3. The van der Waals surface area contributed by atoms with E-state index in [1.165, 1.54) is 0 Å². The Labute approximate surface area is 161 Å². The lowest BCUT2D eigenvalue weighted by Gasteiger charge is -2.12. The maximum Gasteiger partial charge on any atom is 0.256 e. The zero-order valence-electron chi connectivity index (χ0n) is 14.7. The van der Waals surface area contributed by atoms with Crippen LogP contribution in [-0.4, -0.2) is 30.3 Å². The van der Waals surface area contributed by atoms with E-state index in [2.05, 4.69) is 20.8 Å². The molecule has 0 aliphatic heterocycles. The third-order valence-electron chi connectivity index (χ3n) is 3.68. The van der Waals surface area contributed by atoms with Gasteiger partial charge >= 0.3 is 0 Å². The number of carbonyl (C=O) groups is 1. The second-order valence-electron chi connectivity index (χ2n) is 5.46. The van der Waals surface area contributed by atoms with Crippen LogP contribution in [0.2, 0.25) is 5.02 Å². The molecule has 2 N–H and O–H groups in total. The predicted octanol–water partition coefficient (Wildman–Crippen LogP) is 4.14. The molecule has 1 amide bonds. The molecule has 8 heteroatoms. The van der Waals surface area contributed by atoms with Gasteiger partial charge in [-0.2, -0.15) is 0 Å². The van der Waals surface area contributed by atoms with Gasteiger partial charge in [-0.1, -0.05) is 11.6 Å². The topological polar surface area (TPSA) is 85.4 Å². The Morgan fingerprint density at radius 3 is 2.26 bits per heavy atom. The van der Waals surface area contributed by atoms with Crippen LogP contribution in [0.3, 0.4) is 0 Å². The normalized spacial score (nSPS) is 10.2. The highest BCUT2D eigenvalue weighted by Gasteiger charge is 2.09. The minimum absolute atomic E-state index is 0.295. The standard InChI is InChI=1S/C19H17ClN4O3/c1-26-14-7-8-16(27-2)15(11-14)21-17-9-10-18(24-23-17)22-19(25)12-3-5-13(20)6-4-12/h3-11H,1-2H3,(H,21,23)(H,22,24,25). The van der Waals surface area contributed by atoms with Crippen LogP contribution < -0.4 is 20.1 Å². The first-order valence-electron chi connectivity index (χ1n) is 7.99. The number of anilines is 3. The quantitative estimate of drug-likeness (QED) is 0.664. The third kappa shape index (κ3) is 4.65. The van der Waals surface area contributed by atoms with Crippen LogP contribution >= 0.6 is 11.6 Å². The van der Waals surface area contributed by atoms with Crippen molar-refractivity contribution in [2.24, 2.45) is 0 Å². The Hall–Kier alpha value is -3.32. The summed E-state index contributed by atoms with van der Waals surface area (Å²) >= 11 is 5.82. The lowest BCUT2D eigenvalue weighted by molar-refractivity contribution is 0.102. The average molecular weight is 385 g/mol. The van der Waals surface area contributed by atoms with Crippen molar-refractivity contribution < 1.29 is 14.3 Å². The van der Waals surface area contributed by atoms with Crippen molar-refractivity contribution in [3.8, 4) is 11.5 Å². The van der Waals surface area contributed by atoms with Crippen molar-refractivity contribution >= 4 is 34.8 Å². The molecule has 27 heavy (non-hydrogen) atoms. The number of nitrogens with zero attached hydrogens (tertiary/aromatic N) is 2. The number of carbonyl (C=O) groups excluding carboxylic acids is 1. The molecule has 0 spiro atoms. The lowest BCUT2D eigenvalue weighted by Crippen LogP contribution is -2.13. The number of amides is 1. The number of benzene rings is 2. The van der Waals surface area contributed by atoms with Crippen molar-refractivity contribution in [1.82, 2.24) is 10.2 Å². The summed E-state index contributed by atoms with van der Waals surface area (Å²) in [5.74, 6) is 1.84. The molecule has 0 bridgehead atoms. The van der Waals surface area contributed by atoms with E-state index in [0.717, 1.165) is 0 Å². The monoisotopic (exact) mass is 384 g/mol. The summed E-state index contributed by atoms with van der Waals surface area (Å²) in [4.78, 5) is 12.2. The fourth-order valence-electron chi connectivity index (χ4n) is 2.31. The first kappa shape index (κ1) is 18.5. The van der Waals surface area contributed by atoms with Gasteiger partial charge in [0.25, 0.3) is 5.91 Å². The molecule has 138 valence electrons. The van der Waals surface area contributed by atoms with Gasteiger partial charge in [0, 0.05) is 16.7 Å². The number of ether oxygens (including phenoxy) is 2. The first-order chi connectivity index (χ1) is 13.1. The fraction of sp³-hybridized carbons (Fsp3) is 0.105. The number of halogens is 1. The van der Waals surface area contributed by atoms with Crippen LogP contribution in [0.25, 0.3) is 0 Å². The molecule has 1 heterocycles. The van der Waals surface area contributed by atoms with E-state index in [-0.39, 0.29) is 5.91 Å². The molecule has 0 aliphatic carbocycles. The Morgan fingerprint density at radius 1 is 0.926 bits per heavy atom. The summed E-state index contributed by atoms with van der Waals surface area (Å²) in [6.45, 7) is 0. The van der Waals surface area contributed by atoms with E-state index in [4.69, 9.17) is 21.1 Å². The van der Waals surface area contributed by atoms with Gasteiger partial charge in [-0.3, -0.25) is 4.79 Å². The molecule has 0 radical (unpaired) electrons. The van der Waals surface area contributed by atoms with E-state index in [0.29, 0.717) is 39.4 Å². The van der Waals surface area contributed by atoms with E-state index < -0.39 is 0 Å². The Bertz CT molecular complexity index is 931. The van der Waals surface area contributed by atoms with Gasteiger partial charge in [-0.05, 0) is 48.5 Å². The second kappa shape index (κ2) is 8.37. The minimum atomic E-state index is -0.295. The van der Waals surface area contributed by atoms with Crippen molar-refractivity contribution in [3.63, 3.8) is 0 Å². The number of nitrogens with one attached hydrogen (secondary N) is 2. The summed E-state index contributed by atoms with van der Waals surface area (Å²) in [6.07, 6.45) is 0. The zero-order chi connectivity index (χ0) is 19.2. The van der Waals surface area contributed by atoms with Gasteiger partial charge < -0.3 is 20.1 Å². The first-order valence-corrected chi connectivity index (χ1v) is 8.36. The van der Waals surface area contributed by atoms with Gasteiger partial charge in [0.2, 0.25) is 0 Å². The van der Waals surface area contributed by atoms with Crippen molar-refractivity contribution in [3.05, 3.63) is 65.2 Å². The van der Waals surface area contributed by atoms with Crippen LogP contribution in [-0.2, 0) is 0 Å². The molecule has 3 rings (SSSR count). The highest BCUT2D eigenvalue weighted by atomic mass is 35.5. The van der Waals surface area contributed by atoms with Crippen molar-refractivity contribution in [1.29, 1.82) is 0 Å². The highest BCUT2D eigenvalue weighted by molar-refractivity contribution is 6.30. The SMILES string of the molecule is COc1ccc(OC)c(Nc2ccc(NC(=O)c3ccc(Cl)cc3)nn2)c1. The van der Waals surface area contributed by atoms with Gasteiger partial charge in [-0.25, -0.2) is 0 Å².